The smallest absolute Gasteiger partial charge is 0.0618 e. The second-order valence-corrected chi connectivity index (χ2v) is 3.34. The van der Waals surface area contributed by atoms with Crippen LogP contribution in [0.5, 0.6) is 0 Å². The molecule has 1 aromatic heterocycles. The number of rotatable bonds is 3. The van der Waals surface area contributed by atoms with E-state index in [0.717, 1.165) is 5.69 Å². The number of hydrogen-bond acceptors (Lipinski definition) is 2. The Morgan fingerprint density at radius 1 is 1.42 bits per heavy atom. The fourth-order valence-electron chi connectivity index (χ4n) is 0.969. The number of aliphatic hydroxyl groups is 1. The fourth-order valence-corrected chi connectivity index (χ4v) is 0.969. The quantitative estimate of drug-likeness (QED) is 0.738. The summed E-state index contributed by atoms with van der Waals surface area (Å²) in [7, 11) is 0. The number of hydrogen-bond donors (Lipinski definition) is 1. The number of pyridine rings is 1. The first kappa shape index (κ1) is 9.20. The van der Waals surface area contributed by atoms with Crippen LogP contribution < -0.4 is 0 Å². The number of aromatic nitrogens is 1. The zero-order valence-corrected chi connectivity index (χ0v) is 7.57. The highest BCUT2D eigenvalue weighted by Gasteiger charge is 2.09. The summed E-state index contributed by atoms with van der Waals surface area (Å²) in [6, 6.07) is 5.76. The summed E-state index contributed by atoms with van der Waals surface area (Å²) in [5.41, 5.74) is 0.957. The highest BCUT2D eigenvalue weighted by molar-refractivity contribution is 5.04. The van der Waals surface area contributed by atoms with Gasteiger partial charge in [0.05, 0.1) is 6.10 Å². The first-order valence-corrected chi connectivity index (χ1v) is 4.28. The molecule has 66 valence electrons. The Balaban J connectivity index is 2.53. The van der Waals surface area contributed by atoms with Gasteiger partial charge in [-0.15, -0.1) is 0 Å². The van der Waals surface area contributed by atoms with Crippen LogP contribution in [-0.2, 0) is 6.42 Å². The van der Waals surface area contributed by atoms with Gasteiger partial charge in [-0.25, -0.2) is 0 Å². The minimum absolute atomic E-state index is 0.278. The molecule has 1 unspecified atom stereocenters. The van der Waals surface area contributed by atoms with Crippen LogP contribution in [0.4, 0.5) is 0 Å². The summed E-state index contributed by atoms with van der Waals surface area (Å²) in [5, 5.41) is 9.54. The van der Waals surface area contributed by atoms with E-state index >= 15 is 0 Å². The Morgan fingerprint density at radius 2 is 2.17 bits per heavy atom. The summed E-state index contributed by atoms with van der Waals surface area (Å²) in [6.45, 7) is 4.02. The van der Waals surface area contributed by atoms with E-state index in [-0.39, 0.29) is 6.10 Å². The Labute approximate surface area is 73.3 Å². The first-order valence-electron chi connectivity index (χ1n) is 4.28. The third-order valence-electron chi connectivity index (χ3n) is 1.91. The molecular formula is C10H15NO. The zero-order valence-electron chi connectivity index (χ0n) is 7.57. The molecule has 1 heterocycles. The molecule has 12 heavy (non-hydrogen) atoms. The van der Waals surface area contributed by atoms with Gasteiger partial charge in [0.15, 0.2) is 0 Å². The lowest BCUT2D eigenvalue weighted by molar-refractivity contribution is 0.124. The molecule has 0 saturated carbocycles. The van der Waals surface area contributed by atoms with Crippen LogP contribution in [0.2, 0.25) is 0 Å². The van der Waals surface area contributed by atoms with Crippen LogP contribution in [0.25, 0.3) is 0 Å². The molecule has 0 aliphatic heterocycles. The van der Waals surface area contributed by atoms with Crippen LogP contribution in [0.15, 0.2) is 24.4 Å². The molecular weight excluding hydrogens is 150 g/mol. The van der Waals surface area contributed by atoms with E-state index in [1.54, 1.807) is 6.20 Å². The minimum atomic E-state index is -0.278. The summed E-state index contributed by atoms with van der Waals surface area (Å²) in [6.07, 6.45) is 2.13. The van der Waals surface area contributed by atoms with E-state index < -0.39 is 0 Å². The van der Waals surface area contributed by atoms with Crippen molar-refractivity contribution in [1.29, 1.82) is 0 Å². The Hall–Kier alpha value is -0.890. The average Bonchev–Trinajstić information content (AvgIpc) is 2.06. The lowest BCUT2D eigenvalue weighted by Crippen LogP contribution is -2.18. The van der Waals surface area contributed by atoms with Gasteiger partial charge in [0.1, 0.15) is 0 Å². The molecule has 0 aromatic carbocycles. The lowest BCUT2D eigenvalue weighted by Gasteiger charge is -2.12. The third-order valence-corrected chi connectivity index (χ3v) is 1.91. The Bertz CT molecular complexity index is 221. The molecule has 0 aliphatic carbocycles. The highest BCUT2D eigenvalue weighted by atomic mass is 16.3. The van der Waals surface area contributed by atoms with Crippen molar-refractivity contribution in [3.05, 3.63) is 30.1 Å². The van der Waals surface area contributed by atoms with Gasteiger partial charge in [-0.05, 0) is 18.1 Å². The number of aliphatic hydroxyl groups excluding tert-OH is 1. The first-order chi connectivity index (χ1) is 5.70. The fraction of sp³-hybridized carbons (Fsp3) is 0.500. The van der Waals surface area contributed by atoms with Gasteiger partial charge >= 0.3 is 0 Å². The average molecular weight is 165 g/mol. The molecule has 0 aliphatic rings. The van der Waals surface area contributed by atoms with Crippen molar-refractivity contribution in [3.63, 3.8) is 0 Å². The molecule has 0 fully saturated rings. The van der Waals surface area contributed by atoms with Gasteiger partial charge in [-0.3, -0.25) is 4.98 Å². The van der Waals surface area contributed by atoms with Gasteiger partial charge < -0.3 is 5.11 Å². The van der Waals surface area contributed by atoms with Gasteiger partial charge in [-0.1, -0.05) is 19.9 Å². The van der Waals surface area contributed by atoms with Crippen molar-refractivity contribution >= 4 is 0 Å². The molecule has 0 amide bonds. The van der Waals surface area contributed by atoms with Gasteiger partial charge in [0, 0.05) is 18.3 Å². The van der Waals surface area contributed by atoms with Crippen molar-refractivity contribution in [2.75, 3.05) is 0 Å². The molecule has 2 heteroatoms. The summed E-state index contributed by atoms with van der Waals surface area (Å²) in [5.74, 6) is 0.298. The largest absolute Gasteiger partial charge is 0.392 e. The van der Waals surface area contributed by atoms with Crippen LogP contribution in [0.1, 0.15) is 19.5 Å². The molecule has 1 rings (SSSR count). The molecule has 0 radical (unpaired) electrons. The monoisotopic (exact) mass is 165 g/mol. The van der Waals surface area contributed by atoms with E-state index in [9.17, 15) is 5.11 Å². The molecule has 1 aromatic rings. The van der Waals surface area contributed by atoms with Gasteiger partial charge in [-0.2, -0.15) is 0 Å². The highest BCUT2D eigenvalue weighted by Crippen LogP contribution is 2.07. The van der Waals surface area contributed by atoms with Crippen LogP contribution in [-0.4, -0.2) is 16.2 Å². The molecule has 2 nitrogen and oxygen atoms in total. The molecule has 1 N–H and O–H groups in total. The molecule has 0 bridgehead atoms. The van der Waals surface area contributed by atoms with Crippen molar-refractivity contribution in [2.45, 2.75) is 26.4 Å². The molecule has 0 spiro atoms. The van der Waals surface area contributed by atoms with Crippen molar-refractivity contribution in [2.24, 2.45) is 5.92 Å². The zero-order chi connectivity index (χ0) is 8.97. The predicted molar refractivity (Wildman–Crippen MR) is 48.8 cm³/mol. The predicted octanol–water partition coefficient (Wildman–Crippen LogP) is 1.64. The van der Waals surface area contributed by atoms with Gasteiger partial charge in [0.25, 0.3) is 0 Å². The van der Waals surface area contributed by atoms with E-state index in [1.807, 2.05) is 32.0 Å². The second-order valence-electron chi connectivity index (χ2n) is 3.34. The summed E-state index contributed by atoms with van der Waals surface area (Å²) < 4.78 is 0. The topological polar surface area (TPSA) is 33.1 Å². The van der Waals surface area contributed by atoms with Crippen molar-refractivity contribution < 1.29 is 5.11 Å². The normalized spacial score (nSPS) is 13.3. The van der Waals surface area contributed by atoms with E-state index in [1.165, 1.54) is 0 Å². The summed E-state index contributed by atoms with van der Waals surface area (Å²) in [4.78, 5) is 4.14. The summed E-state index contributed by atoms with van der Waals surface area (Å²) >= 11 is 0. The van der Waals surface area contributed by atoms with Crippen molar-refractivity contribution in [3.8, 4) is 0 Å². The molecule has 0 saturated heterocycles. The maximum Gasteiger partial charge on any atom is 0.0618 e. The Morgan fingerprint density at radius 3 is 2.67 bits per heavy atom. The lowest BCUT2D eigenvalue weighted by atomic mass is 10.0. The van der Waals surface area contributed by atoms with Crippen LogP contribution in [0, 0.1) is 5.92 Å². The third kappa shape index (κ3) is 2.62. The molecule has 1 atom stereocenters. The SMILES string of the molecule is CC(C)C(O)Cc1ccccn1. The van der Waals surface area contributed by atoms with E-state index in [0.29, 0.717) is 12.3 Å². The maximum atomic E-state index is 9.54. The van der Waals surface area contributed by atoms with E-state index in [2.05, 4.69) is 4.98 Å². The standard InChI is InChI=1S/C10H15NO/c1-8(2)10(12)7-9-5-3-4-6-11-9/h3-6,8,10,12H,7H2,1-2H3. The van der Waals surface area contributed by atoms with Crippen molar-refractivity contribution in [1.82, 2.24) is 4.98 Å². The van der Waals surface area contributed by atoms with Gasteiger partial charge in [0.2, 0.25) is 0 Å². The van der Waals surface area contributed by atoms with E-state index in [4.69, 9.17) is 0 Å². The minimum Gasteiger partial charge on any atom is -0.392 e. The number of nitrogens with zero attached hydrogens (tertiary/aromatic N) is 1. The van der Waals surface area contributed by atoms with Crippen LogP contribution in [0.3, 0.4) is 0 Å². The Kier molecular flexibility index (Phi) is 3.23. The second kappa shape index (κ2) is 4.21. The maximum absolute atomic E-state index is 9.54. The van der Waals surface area contributed by atoms with Crippen LogP contribution >= 0.6 is 0 Å².